The number of fused-ring (bicyclic) bond motifs is 16. The van der Waals surface area contributed by atoms with Crippen molar-refractivity contribution in [3.05, 3.63) is 279 Å². The summed E-state index contributed by atoms with van der Waals surface area (Å²) in [6, 6.07) is 103. The standard InChI is InChI=1S/C80H46O2/c1-3-23-51-47(17-1)19-9-27-53(51)55-29-13-35-61-67(55)45-68-56(54-28-10-20-48-18-2-4-24-52(48)54)30-14-36-62(68)77(61)78-63-37-15-31-57(59-33-11-21-49-41-43-73-79(75(49)59)65-25-5-7-39-71(65)81-73)69(63)46-70-58(32-16-38-64(70)78)60-34-12-22-50-42-44-74-80(76(50)60)66-26-6-8-40-72(66)82-74/h1-46H. The lowest BCUT2D eigenvalue weighted by molar-refractivity contribution is 0.669. The van der Waals surface area contributed by atoms with Crippen LogP contribution in [0, 0.1) is 0 Å². The van der Waals surface area contributed by atoms with Crippen molar-refractivity contribution in [3.8, 4) is 55.6 Å². The van der Waals surface area contributed by atoms with Gasteiger partial charge in [0.2, 0.25) is 0 Å². The van der Waals surface area contributed by atoms with Crippen molar-refractivity contribution in [1.82, 2.24) is 0 Å². The molecular weight excluding hydrogens is 993 g/mol. The van der Waals surface area contributed by atoms with Gasteiger partial charge in [-0.2, -0.15) is 0 Å². The molecule has 0 atom stereocenters. The Hall–Kier alpha value is -10.8. The summed E-state index contributed by atoms with van der Waals surface area (Å²) < 4.78 is 13.3. The van der Waals surface area contributed by atoms with E-state index in [2.05, 4.69) is 279 Å². The highest BCUT2D eigenvalue weighted by Crippen LogP contribution is 2.52. The molecule has 0 unspecified atom stereocenters. The minimum Gasteiger partial charge on any atom is -0.456 e. The summed E-state index contributed by atoms with van der Waals surface area (Å²) in [6.07, 6.45) is 0. The number of rotatable bonds is 5. The first-order chi connectivity index (χ1) is 40.7. The van der Waals surface area contributed by atoms with E-state index in [0.717, 1.165) is 55.0 Å². The summed E-state index contributed by atoms with van der Waals surface area (Å²) >= 11 is 0. The van der Waals surface area contributed by atoms with Crippen LogP contribution in [0.25, 0.3) is 186 Å². The van der Waals surface area contributed by atoms with E-state index in [1.165, 1.54) is 131 Å². The highest BCUT2D eigenvalue weighted by molar-refractivity contribution is 6.32. The molecule has 0 amide bonds. The molecule has 0 fully saturated rings. The van der Waals surface area contributed by atoms with Gasteiger partial charge in [0, 0.05) is 32.3 Å². The summed E-state index contributed by atoms with van der Waals surface area (Å²) in [4.78, 5) is 0. The van der Waals surface area contributed by atoms with Gasteiger partial charge in [0.25, 0.3) is 0 Å². The van der Waals surface area contributed by atoms with E-state index in [1.54, 1.807) is 0 Å². The van der Waals surface area contributed by atoms with Gasteiger partial charge in [-0.3, -0.25) is 0 Å². The first-order valence-electron chi connectivity index (χ1n) is 28.3. The number of para-hydroxylation sites is 2. The average Bonchev–Trinajstić information content (AvgIpc) is 1.85. The summed E-state index contributed by atoms with van der Waals surface area (Å²) in [5, 5.41) is 23.7. The Labute approximate surface area is 470 Å². The van der Waals surface area contributed by atoms with E-state index >= 15 is 0 Å². The van der Waals surface area contributed by atoms with E-state index in [-0.39, 0.29) is 0 Å². The van der Waals surface area contributed by atoms with Gasteiger partial charge in [-0.15, -0.1) is 0 Å². The van der Waals surface area contributed by atoms with E-state index in [4.69, 9.17) is 8.83 Å². The van der Waals surface area contributed by atoms with Crippen LogP contribution in [0.1, 0.15) is 0 Å². The fourth-order valence-electron chi connectivity index (χ4n) is 14.4. The predicted molar refractivity (Wildman–Crippen MR) is 348 cm³/mol. The van der Waals surface area contributed by atoms with Gasteiger partial charge in [-0.25, -0.2) is 0 Å². The molecule has 18 aromatic rings. The number of benzene rings is 16. The second-order valence-electron chi connectivity index (χ2n) is 22.0. The molecule has 2 heteroatoms. The average molecular weight is 1040 g/mol. The number of furan rings is 2. The Bertz CT molecular complexity index is 5410. The molecule has 378 valence electrons. The lowest BCUT2D eigenvalue weighted by Gasteiger charge is -2.22. The smallest absolute Gasteiger partial charge is 0.136 e. The molecule has 0 radical (unpaired) electrons. The summed E-state index contributed by atoms with van der Waals surface area (Å²) in [5.74, 6) is 0. The largest absolute Gasteiger partial charge is 0.456 e. The van der Waals surface area contributed by atoms with Gasteiger partial charge in [-0.1, -0.05) is 243 Å². The third-order valence-corrected chi connectivity index (χ3v) is 17.8. The zero-order chi connectivity index (χ0) is 53.6. The van der Waals surface area contributed by atoms with Gasteiger partial charge >= 0.3 is 0 Å². The SMILES string of the molecule is c1ccc2c(-c3cccc4c(-c5c6cccc(-c7cccc8ccc9oc%10ccccc%10c9c78)c6cc6c(-c7cccc8ccc9oc%10ccccc%10c9c78)cccc56)c5cccc(-c6cccc7ccccc67)c5cc34)cccc2c1. The maximum Gasteiger partial charge on any atom is 0.136 e. The van der Waals surface area contributed by atoms with Gasteiger partial charge in [0.05, 0.1) is 0 Å². The van der Waals surface area contributed by atoms with Crippen LogP contribution in [0.4, 0.5) is 0 Å². The second-order valence-corrected chi connectivity index (χ2v) is 22.0. The lowest BCUT2D eigenvalue weighted by Crippen LogP contribution is -1.95. The molecule has 0 saturated heterocycles. The zero-order valence-corrected chi connectivity index (χ0v) is 44.4. The van der Waals surface area contributed by atoms with Crippen LogP contribution in [-0.2, 0) is 0 Å². The van der Waals surface area contributed by atoms with E-state index in [9.17, 15) is 0 Å². The van der Waals surface area contributed by atoms with Crippen molar-refractivity contribution in [2.75, 3.05) is 0 Å². The van der Waals surface area contributed by atoms with Crippen molar-refractivity contribution in [3.63, 3.8) is 0 Å². The van der Waals surface area contributed by atoms with Crippen molar-refractivity contribution in [2.24, 2.45) is 0 Å². The van der Waals surface area contributed by atoms with Crippen LogP contribution in [0.5, 0.6) is 0 Å². The van der Waals surface area contributed by atoms with Crippen molar-refractivity contribution in [2.45, 2.75) is 0 Å². The fourth-order valence-corrected chi connectivity index (χ4v) is 14.4. The predicted octanol–water partition coefficient (Wildman–Crippen LogP) is 23.0. The molecule has 0 saturated carbocycles. The monoisotopic (exact) mass is 1040 g/mol. The Balaban J connectivity index is 1.04. The quantitative estimate of drug-likeness (QED) is 0.161. The van der Waals surface area contributed by atoms with Gasteiger partial charge in [-0.05, 0) is 167 Å². The van der Waals surface area contributed by atoms with Crippen LogP contribution >= 0.6 is 0 Å². The van der Waals surface area contributed by atoms with Crippen LogP contribution in [0.15, 0.2) is 288 Å². The van der Waals surface area contributed by atoms with Crippen molar-refractivity contribution < 1.29 is 8.83 Å². The first kappa shape index (κ1) is 45.1. The molecule has 0 bridgehead atoms. The molecule has 0 spiro atoms. The maximum absolute atomic E-state index is 6.63. The van der Waals surface area contributed by atoms with Crippen molar-refractivity contribution >= 4 is 130 Å². The molecule has 0 aliphatic heterocycles. The summed E-state index contributed by atoms with van der Waals surface area (Å²) in [7, 11) is 0. The molecule has 2 aromatic heterocycles. The third kappa shape index (κ3) is 6.46. The molecule has 0 aliphatic carbocycles. The fraction of sp³-hybridized carbons (Fsp3) is 0. The molecule has 0 aliphatic rings. The Kier molecular flexibility index (Phi) is 9.54. The van der Waals surface area contributed by atoms with Crippen molar-refractivity contribution in [1.29, 1.82) is 0 Å². The lowest BCUT2D eigenvalue weighted by atomic mass is 9.80. The third-order valence-electron chi connectivity index (χ3n) is 17.8. The Morgan fingerprint density at radius 3 is 0.841 bits per heavy atom. The van der Waals surface area contributed by atoms with Gasteiger partial charge in [0.15, 0.2) is 0 Å². The molecule has 16 aromatic carbocycles. The molecule has 82 heavy (non-hydrogen) atoms. The maximum atomic E-state index is 6.63. The topological polar surface area (TPSA) is 26.3 Å². The molecular formula is C80H46O2. The van der Waals surface area contributed by atoms with Crippen LogP contribution in [0.3, 0.4) is 0 Å². The normalized spacial score (nSPS) is 12.1. The first-order valence-corrected chi connectivity index (χ1v) is 28.3. The summed E-state index contributed by atoms with van der Waals surface area (Å²) in [6.45, 7) is 0. The van der Waals surface area contributed by atoms with Gasteiger partial charge in [0.1, 0.15) is 22.3 Å². The number of hydrogen-bond acceptors (Lipinski definition) is 2. The molecule has 2 heterocycles. The van der Waals surface area contributed by atoms with E-state index < -0.39 is 0 Å². The summed E-state index contributed by atoms with van der Waals surface area (Å²) in [5.41, 5.74) is 15.5. The minimum absolute atomic E-state index is 0.884. The molecule has 18 rings (SSSR count). The zero-order valence-electron chi connectivity index (χ0n) is 44.4. The Morgan fingerprint density at radius 1 is 0.159 bits per heavy atom. The van der Waals surface area contributed by atoms with E-state index in [1.807, 2.05) is 0 Å². The highest BCUT2D eigenvalue weighted by Gasteiger charge is 2.25. The van der Waals surface area contributed by atoms with E-state index in [0.29, 0.717) is 0 Å². The number of hydrogen-bond donors (Lipinski definition) is 0. The van der Waals surface area contributed by atoms with Gasteiger partial charge < -0.3 is 8.83 Å². The van der Waals surface area contributed by atoms with Crippen LogP contribution in [-0.4, -0.2) is 0 Å². The van der Waals surface area contributed by atoms with Crippen LogP contribution < -0.4 is 0 Å². The Morgan fingerprint density at radius 2 is 0.439 bits per heavy atom. The molecule has 2 nitrogen and oxygen atoms in total. The highest BCUT2D eigenvalue weighted by atomic mass is 16.3. The second kappa shape index (κ2) is 17.3. The minimum atomic E-state index is 0.884. The molecule has 0 N–H and O–H groups in total. The van der Waals surface area contributed by atoms with Crippen LogP contribution in [0.2, 0.25) is 0 Å².